The third-order valence-electron chi connectivity index (χ3n) is 5.64. The Balaban J connectivity index is 1.52. The van der Waals surface area contributed by atoms with Crippen molar-refractivity contribution in [2.45, 2.75) is 65.3 Å². The zero-order valence-corrected chi connectivity index (χ0v) is 19.0. The van der Waals surface area contributed by atoms with E-state index in [-0.39, 0.29) is 0 Å². The summed E-state index contributed by atoms with van der Waals surface area (Å²) < 4.78 is 2.13. The zero-order valence-electron chi connectivity index (χ0n) is 19.0. The molecule has 0 spiro atoms. The molecule has 0 bridgehead atoms. The number of rotatable bonds is 11. The van der Waals surface area contributed by atoms with Gasteiger partial charge >= 0.3 is 0 Å². The van der Waals surface area contributed by atoms with Crippen LogP contribution < -0.4 is 0 Å². The first kappa shape index (κ1) is 21.9. The molecule has 0 fully saturated rings. The van der Waals surface area contributed by atoms with Crippen molar-refractivity contribution in [3.05, 3.63) is 65.7 Å². The Kier molecular flexibility index (Phi) is 7.38. The van der Waals surface area contributed by atoms with E-state index in [4.69, 9.17) is 10.1 Å². The highest BCUT2D eigenvalue weighted by Gasteiger charge is 2.12. The van der Waals surface area contributed by atoms with E-state index in [1.54, 1.807) is 0 Å². The number of nitrogens with one attached hydrogen (secondary N) is 1. The standard InChI is InChI=1S/C25H31N7/c1-3-5-6-9-17-32-24(26-23(29-32)10-4-2)18-19-13-15-20(16-14-19)21-11-7-8-12-22(21)25-27-30-31-28-25/h7-8,11-16H,3-6,9-10,17-18H2,1-2H3,(H,27,28,30,31). The fraction of sp³-hybridized carbons (Fsp3) is 0.400. The van der Waals surface area contributed by atoms with Gasteiger partial charge in [0, 0.05) is 24.9 Å². The van der Waals surface area contributed by atoms with E-state index in [0.717, 1.165) is 60.6 Å². The fourth-order valence-corrected chi connectivity index (χ4v) is 3.95. The predicted octanol–water partition coefficient (Wildman–Crippen LogP) is 5.25. The molecule has 4 rings (SSSR count). The minimum Gasteiger partial charge on any atom is -0.249 e. The van der Waals surface area contributed by atoms with Crippen molar-refractivity contribution >= 4 is 0 Å². The quantitative estimate of drug-likeness (QED) is 0.329. The molecule has 166 valence electrons. The predicted molar refractivity (Wildman–Crippen MR) is 126 cm³/mol. The van der Waals surface area contributed by atoms with Gasteiger partial charge in [-0.1, -0.05) is 81.6 Å². The summed E-state index contributed by atoms with van der Waals surface area (Å²) in [6.45, 7) is 5.36. The van der Waals surface area contributed by atoms with Crippen molar-refractivity contribution in [2.24, 2.45) is 0 Å². The summed E-state index contributed by atoms with van der Waals surface area (Å²) in [5.74, 6) is 2.69. The second-order valence-electron chi connectivity index (χ2n) is 8.15. The van der Waals surface area contributed by atoms with Gasteiger partial charge in [-0.2, -0.15) is 5.10 Å². The molecule has 0 atom stereocenters. The lowest BCUT2D eigenvalue weighted by molar-refractivity contribution is 0.521. The molecule has 4 aromatic rings. The van der Waals surface area contributed by atoms with Gasteiger partial charge in [0.25, 0.3) is 0 Å². The molecule has 7 heteroatoms. The summed E-state index contributed by atoms with van der Waals surface area (Å²) in [5.41, 5.74) is 4.45. The molecule has 2 heterocycles. The summed E-state index contributed by atoms with van der Waals surface area (Å²) in [5, 5.41) is 19.1. The van der Waals surface area contributed by atoms with Crippen molar-refractivity contribution in [1.29, 1.82) is 0 Å². The number of aromatic amines is 1. The molecule has 2 aromatic heterocycles. The monoisotopic (exact) mass is 429 g/mol. The average Bonchev–Trinajstić information content (AvgIpc) is 3.48. The first-order valence-electron chi connectivity index (χ1n) is 11.6. The second-order valence-corrected chi connectivity index (χ2v) is 8.15. The molecule has 0 saturated carbocycles. The van der Waals surface area contributed by atoms with Crippen molar-refractivity contribution in [3.8, 4) is 22.5 Å². The maximum Gasteiger partial charge on any atom is 0.180 e. The number of H-pyrrole nitrogens is 1. The van der Waals surface area contributed by atoms with E-state index in [2.05, 4.69) is 69.5 Å². The molecule has 0 aliphatic carbocycles. The molecular weight excluding hydrogens is 398 g/mol. The topological polar surface area (TPSA) is 85.2 Å². The highest BCUT2D eigenvalue weighted by atomic mass is 15.5. The summed E-state index contributed by atoms with van der Waals surface area (Å²) in [6.07, 6.45) is 7.70. The maximum absolute atomic E-state index is 4.85. The molecule has 0 saturated heterocycles. The van der Waals surface area contributed by atoms with Crippen LogP contribution in [-0.2, 0) is 19.4 Å². The van der Waals surface area contributed by atoms with E-state index in [9.17, 15) is 0 Å². The van der Waals surface area contributed by atoms with Crippen LogP contribution in [0.1, 0.15) is 63.2 Å². The number of aromatic nitrogens is 7. The van der Waals surface area contributed by atoms with Crippen LogP contribution in [0, 0.1) is 0 Å². The van der Waals surface area contributed by atoms with Crippen LogP contribution in [0.2, 0.25) is 0 Å². The van der Waals surface area contributed by atoms with Crippen LogP contribution in [0.5, 0.6) is 0 Å². The normalized spacial score (nSPS) is 11.2. The number of hydrogen-bond donors (Lipinski definition) is 1. The Morgan fingerprint density at radius 3 is 2.41 bits per heavy atom. The Morgan fingerprint density at radius 2 is 1.69 bits per heavy atom. The lowest BCUT2D eigenvalue weighted by Gasteiger charge is -2.09. The summed E-state index contributed by atoms with van der Waals surface area (Å²) >= 11 is 0. The smallest absolute Gasteiger partial charge is 0.180 e. The molecule has 1 N–H and O–H groups in total. The van der Waals surface area contributed by atoms with Gasteiger partial charge in [-0.05, 0) is 40.0 Å². The summed E-state index contributed by atoms with van der Waals surface area (Å²) in [6, 6.07) is 16.8. The lowest BCUT2D eigenvalue weighted by atomic mass is 9.98. The fourth-order valence-electron chi connectivity index (χ4n) is 3.95. The number of tetrazole rings is 1. The first-order chi connectivity index (χ1) is 15.8. The Bertz CT molecular complexity index is 1100. The van der Waals surface area contributed by atoms with Crippen LogP contribution in [0.3, 0.4) is 0 Å². The third-order valence-corrected chi connectivity index (χ3v) is 5.64. The SMILES string of the molecule is CCCCCCn1nc(CCC)nc1Cc1ccc(-c2ccccc2-c2nnn[nH]2)cc1. The maximum atomic E-state index is 4.85. The summed E-state index contributed by atoms with van der Waals surface area (Å²) in [4.78, 5) is 4.85. The lowest BCUT2D eigenvalue weighted by Crippen LogP contribution is -2.07. The van der Waals surface area contributed by atoms with E-state index in [0.29, 0.717) is 5.82 Å². The molecule has 0 aliphatic heterocycles. The number of aryl methyl sites for hydroxylation is 2. The molecule has 0 radical (unpaired) electrons. The van der Waals surface area contributed by atoms with Crippen LogP contribution in [0.25, 0.3) is 22.5 Å². The number of hydrogen-bond acceptors (Lipinski definition) is 5. The molecule has 0 amide bonds. The van der Waals surface area contributed by atoms with E-state index < -0.39 is 0 Å². The average molecular weight is 430 g/mol. The molecule has 0 aliphatic rings. The number of nitrogens with zero attached hydrogens (tertiary/aromatic N) is 6. The van der Waals surface area contributed by atoms with Crippen molar-refractivity contribution in [2.75, 3.05) is 0 Å². The molecule has 0 unspecified atom stereocenters. The van der Waals surface area contributed by atoms with Crippen LogP contribution in [0.4, 0.5) is 0 Å². The van der Waals surface area contributed by atoms with Gasteiger partial charge in [-0.25, -0.2) is 14.8 Å². The van der Waals surface area contributed by atoms with E-state index in [1.165, 1.54) is 24.8 Å². The van der Waals surface area contributed by atoms with Gasteiger partial charge in [0.15, 0.2) is 11.6 Å². The Hall–Kier alpha value is -3.35. The van der Waals surface area contributed by atoms with Gasteiger partial charge in [0.1, 0.15) is 5.82 Å². The van der Waals surface area contributed by atoms with Crippen LogP contribution >= 0.6 is 0 Å². The van der Waals surface area contributed by atoms with Crippen LogP contribution in [-0.4, -0.2) is 35.4 Å². The Labute approximate surface area is 189 Å². The Morgan fingerprint density at radius 1 is 0.875 bits per heavy atom. The zero-order chi connectivity index (χ0) is 22.2. The molecule has 2 aromatic carbocycles. The van der Waals surface area contributed by atoms with Crippen molar-refractivity contribution in [1.82, 2.24) is 35.4 Å². The highest BCUT2D eigenvalue weighted by molar-refractivity contribution is 5.80. The van der Waals surface area contributed by atoms with Crippen molar-refractivity contribution in [3.63, 3.8) is 0 Å². The van der Waals surface area contributed by atoms with E-state index in [1.807, 2.05) is 18.2 Å². The minimum atomic E-state index is 0.671. The van der Waals surface area contributed by atoms with Gasteiger partial charge in [-0.15, -0.1) is 5.10 Å². The van der Waals surface area contributed by atoms with Gasteiger partial charge < -0.3 is 0 Å². The second kappa shape index (κ2) is 10.8. The number of unbranched alkanes of at least 4 members (excludes halogenated alkanes) is 3. The highest BCUT2D eigenvalue weighted by Crippen LogP contribution is 2.30. The van der Waals surface area contributed by atoms with E-state index >= 15 is 0 Å². The molecule has 7 nitrogen and oxygen atoms in total. The largest absolute Gasteiger partial charge is 0.249 e. The first-order valence-corrected chi connectivity index (χ1v) is 11.6. The minimum absolute atomic E-state index is 0.671. The summed E-state index contributed by atoms with van der Waals surface area (Å²) in [7, 11) is 0. The van der Waals surface area contributed by atoms with Gasteiger partial charge in [-0.3, -0.25) is 0 Å². The van der Waals surface area contributed by atoms with Gasteiger partial charge in [0.05, 0.1) is 0 Å². The van der Waals surface area contributed by atoms with Gasteiger partial charge in [0.2, 0.25) is 0 Å². The van der Waals surface area contributed by atoms with Crippen molar-refractivity contribution < 1.29 is 0 Å². The molecule has 32 heavy (non-hydrogen) atoms. The van der Waals surface area contributed by atoms with Crippen LogP contribution in [0.15, 0.2) is 48.5 Å². The number of benzene rings is 2. The third kappa shape index (κ3) is 5.28. The molecular formula is C25H31N7.